The lowest BCUT2D eigenvalue weighted by atomic mass is 10.1. The average Bonchev–Trinajstić information content (AvgIpc) is 3.10. The van der Waals surface area contributed by atoms with Crippen molar-refractivity contribution in [3.63, 3.8) is 0 Å². The molecule has 1 N–H and O–H groups in total. The van der Waals surface area contributed by atoms with Crippen molar-refractivity contribution in [2.45, 2.75) is 32.2 Å². The van der Waals surface area contributed by atoms with Crippen molar-refractivity contribution in [2.24, 2.45) is 0 Å². The topological polar surface area (TPSA) is 55.1 Å². The van der Waals surface area contributed by atoms with Gasteiger partial charge in [0.05, 0.1) is 15.7 Å². The molecule has 110 valence electrons. The van der Waals surface area contributed by atoms with Crippen LogP contribution in [-0.4, -0.2) is 17.1 Å². The maximum Gasteiger partial charge on any atom is 0.257 e. The van der Waals surface area contributed by atoms with Gasteiger partial charge in [0.15, 0.2) is 0 Å². The first kappa shape index (κ1) is 14.4. The third kappa shape index (κ3) is 2.65. The summed E-state index contributed by atoms with van der Waals surface area (Å²) < 4.78 is 5.02. The van der Waals surface area contributed by atoms with E-state index in [-0.39, 0.29) is 17.9 Å². The Morgan fingerprint density at radius 2 is 2.14 bits per heavy atom. The molecule has 2 aromatic rings. The van der Waals surface area contributed by atoms with Crippen molar-refractivity contribution >= 4 is 29.1 Å². The zero-order valence-electron chi connectivity index (χ0n) is 11.6. The Morgan fingerprint density at radius 1 is 1.38 bits per heavy atom. The van der Waals surface area contributed by atoms with E-state index in [4.69, 9.17) is 27.7 Å². The minimum atomic E-state index is -0.156. The highest BCUT2D eigenvalue weighted by Gasteiger charge is 2.41. The second-order valence-electron chi connectivity index (χ2n) is 5.26. The summed E-state index contributed by atoms with van der Waals surface area (Å²) in [5, 5.41) is 7.89. The minimum Gasteiger partial charge on any atom is -0.361 e. The van der Waals surface area contributed by atoms with Gasteiger partial charge < -0.3 is 9.84 Å². The molecule has 1 amide bonds. The van der Waals surface area contributed by atoms with Crippen LogP contribution in [0.15, 0.2) is 22.7 Å². The summed E-state index contributed by atoms with van der Waals surface area (Å²) >= 11 is 12.2. The van der Waals surface area contributed by atoms with Crippen LogP contribution in [0, 0.1) is 13.8 Å². The van der Waals surface area contributed by atoms with Gasteiger partial charge in [0.1, 0.15) is 11.3 Å². The van der Waals surface area contributed by atoms with Gasteiger partial charge >= 0.3 is 0 Å². The number of amides is 1. The Labute approximate surface area is 132 Å². The van der Waals surface area contributed by atoms with Gasteiger partial charge in [-0.1, -0.05) is 40.5 Å². The summed E-state index contributed by atoms with van der Waals surface area (Å²) in [4.78, 5) is 12.3. The van der Waals surface area contributed by atoms with Gasteiger partial charge in [0.2, 0.25) is 0 Å². The average molecular weight is 325 g/mol. The second kappa shape index (κ2) is 5.35. The first-order valence-corrected chi connectivity index (χ1v) is 7.42. The molecule has 1 saturated carbocycles. The lowest BCUT2D eigenvalue weighted by Gasteiger charge is -2.07. The number of nitrogens with one attached hydrogen (secondary N) is 1. The van der Waals surface area contributed by atoms with Crippen molar-refractivity contribution in [1.29, 1.82) is 0 Å². The van der Waals surface area contributed by atoms with Gasteiger partial charge in [0, 0.05) is 12.0 Å². The van der Waals surface area contributed by atoms with Crippen LogP contribution >= 0.6 is 23.2 Å². The molecule has 1 aliphatic carbocycles. The molecule has 1 fully saturated rings. The Kier molecular flexibility index (Phi) is 3.68. The number of hydrogen-bond donors (Lipinski definition) is 1. The van der Waals surface area contributed by atoms with Crippen molar-refractivity contribution < 1.29 is 9.32 Å². The van der Waals surface area contributed by atoms with Gasteiger partial charge in [-0.2, -0.15) is 0 Å². The zero-order valence-corrected chi connectivity index (χ0v) is 13.1. The number of rotatable bonds is 3. The van der Waals surface area contributed by atoms with Crippen molar-refractivity contribution in [1.82, 2.24) is 10.5 Å². The molecule has 6 heteroatoms. The standard InChI is InChI=1S/C15H14Cl2N2O2/c1-7-13(8(2)21-19-7)15(20)18-12-6-10(12)9-4-3-5-11(16)14(9)17/h3-5,10,12H,6H2,1-2H3,(H,18,20)/t10-,12-/m0/s1. The van der Waals surface area contributed by atoms with E-state index < -0.39 is 0 Å². The Balaban J connectivity index is 1.72. The maximum atomic E-state index is 12.3. The fraction of sp³-hybridized carbons (Fsp3) is 0.333. The number of hydrogen-bond acceptors (Lipinski definition) is 3. The molecule has 0 saturated heterocycles. The van der Waals surface area contributed by atoms with Crippen molar-refractivity contribution in [3.8, 4) is 0 Å². The maximum absolute atomic E-state index is 12.3. The summed E-state index contributed by atoms with van der Waals surface area (Å²) in [7, 11) is 0. The van der Waals surface area contributed by atoms with Gasteiger partial charge in [-0.3, -0.25) is 4.79 Å². The molecule has 0 spiro atoms. The molecule has 21 heavy (non-hydrogen) atoms. The Hall–Kier alpha value is -1.52. The Morgan fingerprint density at radius 3 is 2.81 bits per heavy atom. The predicted octanol–water partition coefficient (Wildman–Crippen LogP) is 3.88. The molecule has 2 atom stereocenters. The van der Waals surface area contributed by atoms with E-state index in [9.17, 15) is 4.79 Å². The third-order valence-corrected chi connectivity index (χ3v) is 4.58. The molecule has 0 radical (unpaired) electrons. The van der Waals surface area contributed by atoms with Crippen LogP contribution in [0.25, 0.3) is 0 Å². The summed E-state index contributed by atoms with van der Waals surface area (Å²) in [6.07, 6.45) is 0.856. The number of halogens is 2. The fourth-order valence-corrected chi connectivity index (χ4v) is 3.00. The van der Waals surface area contributed by atoms with E-state index >= 15 is 0 Å². The van der Waals surface area contributed by atoms with E-state index in [1.165, 1.54) is 0 Å². The number of carbonyl (C=O) groups is 1. The summed E-state index contributed by atoms with van der Waals surface area (Å²) in [6, 6.07) is 5.64. The molecular weight excluding hydrogens is 311 g/mol. The molecule has 0 unspecified atom stereocenters. The highest BCUT2D eigenvalue weighted by atomic mass is 35.5. The predicted molar refractivity (Wildman–Crippen MR) is 81.1 cm³/mol. The number of benzene rings is 1. The van der Waals surface area contributed by atoms with Crippen LogP contribution in [-0.2, 0) is 0 Å². The van der Waals surface area contributed by atoms with E-state index in [0.29, 0.717) is 27.1 Å². The van der Waals surface area contributed by atoms with Gasteiger partial charge in [-0.15, -0.1) is 0 Å². The molecule has 4 nitrogen and oxygen atoms in total. The molecule has 1 aromatic heterocycles. The SMILES string of the molecule is Cc1noc(C)c1C(=O)N[C@H]1C[C@H]1c1cccc(Cl)c1Cl. The first-order valence-electron chi connectivity index (χ1n) is 6.66. The normalized spacial score (nSPS) is 20.4. The van der Waals surface area contributed by atoms with E-state index in [0.717, 1.165) is 12.0 Å². The number of aryl methyl sites for hydroxylation is 2. The van der Waals surface area contributed by atoms with E-state index in [1.54, 1.807) is 19.9 Å². The van der Waals surface area contributed by atoms with E-state index in [2.05, 4.69) is 10.5 Å². The number of aromatic nitrogens is 1. The minimum absolute atomic E-state index is 0.0715. The Bertz CT molecular complexity index is 692. The lowest BCUT2D eigenvalue weighted by molar-refractivity contribution is 0.0948. The third-order valence-electron chi connectivity index (χ3n) is 3.75. The first-order chi connectivity index (χ1) is 9.99. The molecular formula is C15H14Cl2N2O2. The molecule has 3 rings (SSSR count). The molecule has 1 aliphatic rings. The zero-order chi connectivity index (χ0) is 15.1. The summed E-state index contributed by atoms with van der Waals surface area (Å²) in [5.74, 6) is 0.584. The number of carbonyl (C=O) groups excluding carboxylic acids is 1. The van der Waals surface area contributed by atoms with Crippen LogP contribution in [0.3, 0.4) is 0 Å². The largest absolute Gasteiger partial charge is 0.361 e. The van der Waals surface area contributed by atoms with Crippen molar-refractivity contribution in [3.05, 3.63) is 50.8 Å². The van der Waals surface area contributed by atoms with Crippen molar-refractivity contribution in [2.75, 3.05) is 0 Å². The van der Waals surface area contributed by atoms with Crippen LogP contribution < -0.4 is 5.32 Å². The second-order valence-corrected chi connectivity index (χ2v) is 6.05. The summed E-state index contributed by atoms with van der Waals surface area (Å²) in [5.41, 5.74) is 2.09. The molecule has 0 bridgehead atoms. The van der Waals surface area contributed by atoms with Gasteiger partial charge in [0.25, 0.3) is 5.91 Å². The van der Waals surface area contributed by atoms with Gasteiger partial charge in [-0.25, -0.2) is 0 Å². The molecule has 1 heterocycles. The lowest BCUT2D eigenvalue weighted by Crippen LogP contribution is -2.27. The fourth-order valence-electron chi connectivity index (χ4n) is 2.55. The van der Waals surface area contributed by atoms with Gasteiger partial charge in [-0.05, 0) is 31.9 Å². The highest BCUT2D eigenvalue weighted by molar-refractivity contribution is 6.42. The van der Waals surface area contributed by atoms with E-state index in [1.807, 2.05) is 12.1 Å². The molecule has 1 aromatic carbocycles. The summed E-state index contributed by atoms with van der Waals surface area (Å²) in [6.45, 7) is 3.48. The van der Waals surface area contributed by atoms with Crippen LogP contribution in [0.4, 0.5) is 0 Å². The number of nitrogens with zero attached hydrogens (tertiary/aromatic N) is 1. The highest BCUT2D eigenvalue weighted by Crippen LogP contribution is 2.45. The quantitative estimate of drug-likeness (QED) is 0.931. The van der Waals surface area contributed by atoms with Crippen LogP contribution in [0.2, 0.25) is 10.0 Å². The molecule has 0 aliphatic heterocycles. The smallest absolute Gasteiger partial charge is 0.257 e. The van der Waals surface area contributed by atoms with Crippen LogP contribution in [0.5, 0.6) is 0 Å². The van der Waals surface area contributed by atoms with Crippen LogP contribution in [0.1, 0.15) is 39.7 Å². The monoisotopic (exact) mass is 324 g/mol.